The van der Waals surface area contributed by atoms with Gasteiger partial charge in [0, 0.05) is 6.07 Å². The number of rotatable bonds is 5. The number of hydrogen-bond acceptors (Lipinski definition) is 6. The van der Waals surface area contributed by atoms with Gasteiger partial charge in [0.2, 0.25) is 5.43 Å². The van der Waals surface area contributed by atoms with E-state index in [1.54, 1.807) is 6.20 Å². The van der Waals surface area contributed by atoms with Crippen LogP contribution in [0.1, 0.15) is 11.5 Å². The first-order valence-corrected chi connectivity index (χ1v) is 6.58. The average molecular weight is 299 g/mol. The minimum atomic E-state index is -0.492. The second-order valence-electron chi connectivity index (χ2n) is 4.61. The molecule has 2 aromatic heterocycles. The topological polar surface area (TPSA) is 90.4 Å². The smallest absolute Gasteiger partial charge is 0.226 e. The quantitative estimate of drug-likeness (QED) is 0.769. The van der Waals surface area contributed by atoms with Crippen LogP contribution in [0.5, 0.6) is 11.5 Å². The summed E-state index contributed by atoms with van der Waals surface area (Å²) in [6, 6.07) is 10.6. The van der Waals surface area contributed by atoms with Crippen molar-refractivity contribution in [2.24, 2.45) is 0 Å². The van der Waals surface area contributed by atoms with Gasteiger partial charge in [0.15, 0.2) is 5.75 Å². The van der Waals surface area contributed by atoms with Crippen LogP contribution in [0.4, 0.5) is 0 Å². The molecular weight excluding hydrogens is 286 g/mol. The number of benzene rings is 1. The van der Waals surface area contributed by atoms with Crippen LogP contribution in [0.2, 0.25) is 0 Å². The fraction of sp³-hybridized carbons (Fsp3) is 0.133. The van der Waals surface area contributed by atoms with Crippen molar-refractivity contribution >= 4 is 0 Å². The highest BCUT2D eigenvalue weighted by Crippen LogP contribution is 2.11. The highest BCUT2D eigenvalue weighted by Gasteiger charge is 2.06. The summed E-state index contributed by atoms with van der Waals surface area (Å²) in [5.41, 5.74) is 0.166. The summed E-state index contributed by atoms with van der Waals surface area (Å²) in [5, 5.41) is 17.1. The lowest BCUT2D eigenvalue weighted by Crippen LogP contribution is -2.05. The van der Waals surface area contributed by atoms with E-state index in [1.807, 2.05) is 30.3 Å². The zero-order valence-electron chi connectivity index (χ0n) is 11.5. The molecule has 112 valence electrons. The molecule has 0 amide bonds. The maximum atomic E-state index is 11.3. The maximum Gasteiger partial charge on any atom is 0.226 e. The molecule has 0 aliphatic heterocycles. The van der Waals surface area contributed by atoms with Gasteiger partial charge in [-0.2, -0.15) is 0 Å². The Morgan fingerprint density at radius 1 is 1.27 bits per heavy atom. The summed E-state index contributed by atoms with van der Waals surface area (Å²) in [4.78, 5) is 11.3. The normalized spacial score (nSPS) is 10.5. The molecule has 0 radical (unpaired) electrons. The molecule has 0 saturated carbocycles. The Balaban J connectivity index is 1.63. The first kappa shape index (κ1) is 13.9. The molecule has 0 atom stereocenters. The van der Waals surface area contributed by atoms with E-state index in [9.17, 15) is 4.79 Å². The van der Waals surface area contributed by atoms with Crippen molar-refractivity contribution in [1.29, 1.82) is 0 Å². The zero-order valence-corrected chi connectivity index (χ0v) is 11.5. The highest BCUT2D eigenvalue weighted by molar-refractivity contribution is 5.21. The molecule has 0 saturated heterocycles. The summed E-state index contributed by atoms with van der Waals surface area (Å²) in [7, 11) is 0. The molecule has 0 aliphatic rings. The molecule has 1 N–H and O–H groups in total. The molecule has 7 heteroatoms. The fourth-order valence-corrected chi connectivity index (χ4v) is 1.84. The first-order valence-electron chi connectivity index (χ1n) is 6.58. The monoisotopic (exact) mass is 299 g/mol. The van der Waals surface area contributed by atoms with Crippen molar-refractivity contribution in [3.05, 3.63) is 70.5 Å². The third kappa shape index (κ3) is 3.32. The molecule has 1 aromatic carbocycles. The standard InChI is InChI=1S/C15H13N3O4/c19-14-6-13(22-10-15(14)20)8-18-7-11(16-17-18)9-21-12-4-2-1-3-5-12/h1-7,10,20H,8-9H2. The summed E-state index contributed by atoms with van der Waals surface area (Å²) in [6.07, 6.45) is 2.71. The third-order valence-corrected chi connectivity index (χ3v) is 2.90. The molecule has 0 spiro atoms. The molecule has 0 unspecified atom stereocenters. The summed E-state index contributed by atoms with van der Waals surface area (Å²) in [6.45, 7) is 0.539. The number of ether oxygens (including phenoxy) is 1. The van der Waals surface area contributed by atoms with Crippen molar-refractivity contribution in [1.82, 2.24) is 15.0 Å². The predicted molar refractivity (Wildman–Crippen MR) is 76.5 cm³/mol. The minimum absolute atomic E-state index is 0.244. The molecule has 0 bridgehead atoms. The lowest BCUT2D eigenvalue weighted by molar-refractivity contribution is 0.301. The Kier molecular flexibility index (Phi) is 3.86. The van der Waals surface area contributed by atoms with Crippen molar-refractivity contribution in [2.75, 3.05) is 0 Å². The second-order valence-corrected chi connectivity index (χ2v) is 4.61. The molecule has 7 nitrogen and oxygen atoms in total. The summed E-state index contributed by atoms with van der Waals surface area (Å²) < 4.78 is 12.2. The van der Waals surface area contributed by atoms with Gasteiger partial charge in [-0.25, -0.2) is 4.68 Å². The molecule has 3 aromatic rings. The Morgan fingerprint density at radius 2 is 2.09 bits per heavy atom. The number of para-hydroxylation sites is 1. The van der Waals surface area contributed by atoms with E-state index >= 15 is 0 Å². The molecule has 22 heavy (non-hydrogen) atoms. The number of aromatic hydroxyl groups is 1. The molecule has 3 rings (SSSR count). The van der Waals surface area contributed by atoms with Gasteiger partial charge in [0.1, 0.15) is 36.6 Å². The van der Waals surface area contributed by atoms with Gasteiger partial charge in [-0.15, -0.1) is 5.10 Å². The first-order chi connectivity index (χ1) is 10.7. The molecule has 0 aliphatic carbocycles. The van der Waals surface area contributed by atoms with Gasteiger partial charge < -0.3 is 14.3 Å². The van der Waals surface area contributed by atoms with Crippen LogP contribution in [-0.4, -0.2) is 20.1 Å². The maximum absolute atomic E-state index is 11.3. The Labute approximate surface area is 125 Å². The van der Waals surface area contributed by atoms with Gasteiger partial charge in [-0.3, -0.25) is 4.79 Å². The van der Waals surface area contributed by atoms with E-state index in [-0.39, 0.29) is 6.54 Å². The Hall–Kier alpha value is -3.09. The van der Waals surface area contributed by atoms with E-state index in [0.29, 0.717) is 18.1 Å². The summed E-state index contributed by atoms with van der Waals surface area (Å²) in [5.74, 6) is 0.712. The third-order valence-electron chi connectivity index (χ3n) is 2.90. The van der Waals surface area contributed by atoms with Crippen LogP contribution in [0.25, 0.3) is 0 Å². The van der Waals surface area contributed by atoms with Crippen molar-refractivity contribution in [2.45, 2.75) is 13.2 Å². The minimum Gasteiger partial charge on any atom is -0.502 e. The highest BCUT2D eigenvalue weighted by atomic mass is 16.5. The van der Waals surface area contributed by atoms with E-state index < -0.39 is 11.2 Å². The number of nitrogens with zero attached hydrogens (tertiary/aromatic N) is 3. The largest absolute Gasteiger partial charge is 0.502 e. The molecular formula is C15H13N3O4. The van der Waals surface area contributed by atoms with Gasteiger partial charge in [0.25, 0.3) is 0 Å². The van der Waals surface area contributed by atoms with Gasteiger partial charge >= 0.3 is 0 Å². The molecule has 0 fully saturated rings. The van der Waals surface area contributed by atoms with Crippen LogP contribution in [-0.2, 0) is 13.2 Å². The summed E-state index contributed by atoms with van der Waals surface area (Å²) >= 11 is 0. The van der Waals surface area contributed by atoms with Crippen LogP contribution >= 0.6 is 0 Å². The lowest BCUT2D eigenvalue weighted by atomic mass is 10.3. The van der Waals surface area contributed by atoms with Gasteiger partial charge in [0.05, 0.1) is 6.20 Å². The number of hydrogen-bond donors (Lipinski definition) is 1. The van der Waals surface area contributed by atoms with E-state index in [1.165, 1.54) is 10.7 Å². The van der Waals surface area contributed by atoms with Crippen LogP contribution < -0.4 is 10.2 Å². The second kappa shape index (κ2) is 6.13. The average Bonchev–Trinajstić information content (AvgIpc) is 2.97. The van der Waals surface area contributed by atoms with Crippen molar-refractivity contribution < 1.29 is 14.3 Å². The zero-order chi connectivity index (χ0) is 15.4. The number of aromatic nitrogens is 3. The predicted octanol–water partition coefficient (Wildman–Crippen LogP) is 1.56. The van der Waals surface area contributed by atoms with Gasteiger partial charge in [-0.05, 0) is 12.1 Å². The van der Waals surface area contributed by atoms with Crippen LogP contribution in [0.3, 0.4) is 0 Å². The van der Waals surface area contributed by atoms with Crippen LogP contribution in [0.15, 0.2) is 58.1 Å². The van der Waals surface area contributed by atoms with Gasteiger partial charge in [-0.1, -0.05) is 23.4 Å². The van der Waals surface area contributed by atoms with Crippen LogP contribution in [0, 0.1) is 0 Å². The van der Waals surface area contributed by atoms with E-state index in [2.05, 4.69) is 10.3 Å². The Bertz CT molecular complexity index is 811. The van der Waals surface area contributed by atoms with Crippen molar-refractivity contribution in [3.63, 3.8) is 0 Å². The Morgan fingerprint density at radius 3 is 2.86 bits per heavy atom. The lowest BCUT2D eigenvalue weighted by Gasteiger charge is -2.02. The SMILES string of the molecule is O=c1cc(Cn2cc(COc3ccccc3)nn2)occ1O. The van der Waals surface area contributed by atoms with E-state index in [0.717, 1.165) is 12.0 Å². The van der Waals surface area contributed by atoms with Crippen molar-refractivity contribution in [3.8, 4) is 11.5 Å². The van der Waals surface area contributed by atoms with E-state index in [4.69, 9.17) is 14.3 Å². The fourth-order valence-electron chi connectivity index (χ4n) is 1.84. The molecule has 2 heterocycles.